The lowest BCUT2D eigenvalue weighted by Crippen LogP contribution is -2.68. The third-order valence-electron chi connectivity index (χ3n) is 17.3. The number of carbonyl (C=O) groups is 1. The monoisotopic (exact) mass is 766 g/mol. The van der Waals surface area contributed by atoms with Gasteiger partial charge in [0.2, 0.25) is 0 Å². The van der Waals surface area contributed by atoms with Crippen LogP contribution in [0.25, 0.3) is 0 Å². The van der Waals surface area contributed by atoms with Crippen LogP contribution in [0.15, 0.2) is 11.6 Å². The van der Waals surface area contributed by atoms with Crippen LogP contribution in [-0.4, -0.2) is 127 Å². The normalized spacial score (nSPS) is 55.7. The minimum Gasteiger partial charge on any atom is -0.481 e. The van der Waals surface area contributed by atoms with E-state index in [0.717, 1.165) is 37.7 Å². The number of carboxylic acid groups (broad SMARTS) is 1. The van der Waals surface area contributed by atoms with E-state index in [1.807, 2.05) is 6.92 Å². The fourth-order valence-corrected chi connectivity index (χ4v) is 13.6. The number of carboxylic acids is 1. The van der Waals surface area contributed by atoms with Crippen molar-refractivity contribution in [1.82, 2.24) is 0 Å². The molecule has 19 unspecified atom stereocenters. The zero-order chi connectivity index (χ0) is 39.6. The second-order valence-corrected chi connectivity index (χ2v) is 19.9. The van der Waals surface area contributed by atoms with Crippen molar-refractivity contribution in [3.8, 4) is 0 Å². The van der Waals surface area contributed by atoms with E-state index in [1.165, 1.54) is 0 Å². The van der Waals surface area contributed by atoms with Crippen LogP contribution in [0, 0.1) is 50.7 Å². The molecule has 8 N–H and O–H groups in total. The minimum absolute atomic E-state index is 0.00666. The summed E-state index contributed by atoms with van der Waals surface area (Å²) in [4.78, 5) is 13.1. The van der Waals surface area contributed by atoms with Gasteiger partial charge < -0.3 is 59.8 Å². The number of allylic oxidation sites excluding steroid dienone is 1. The molecule has 6 fully saturated rings. The Morgan fingerprint density at radius 3 is 2.20 bits per heavy atom. The summed E-state index contributed by atoms with van der Waals surface area (Å²) < 4.78 is 24.2. The molecule has 13 heteroatoms. The third kappa shape index (κ3) is 5.68. The molecule has 2 saturated heterocycles. The molecule has 54 heavy (non-hydrogen) atoms. The van der Waals surface area contributed by atoms with Gasteiger partial charge in [-0.3, -0.25) is 4.79 Å². The minimum atomic E-state index is -1.71. The highest BCUT2D eigenvalue weighted by molar-refractivity contribution is 5.77. The van der Waals surface area contributed by atoms with E-state index in [4.69, 9.17) is 18.9 Å². The van der Waals surface area contributed by atoms with Crippen molar-refractivity contribution >= 4 is 5.97 Å². The summed E-state index contributed by atoms with van der Waals surface area (Å²) in [6, 6.07) is 0. The van der Waals surface area contributed by atoms with Crippen LogP contribution in [0.1, 0.15) is 106 Å². The topological polar surface area (TPSA) is 216 Å². The summed E-state index contributed by atoms with van der Waals surface area (Å²) in [7, 11) is 0. The molecule has 0 aromatic heterocycles. The van der Waals surface area contributed by atoms with E-state index in [9.17, 15) is 45.6 Å². The maximum Gasteiger partial charge on any atom is 0.310 e. The van der Waals surface area contributed by atoms with E-state index in [1.54, 1.807) is 0 Å². The van der Waals surface area contributed by atoms with Crippen LogP contribution in [0.4, 0.5) is 0 Å². The molecule has 13 nitrogen and oxygen atoms in total. The number of aliphatic hydroxyl groups is 7. The zero-order valence-corrected chi connectivity index (χ0v) is 33.1. The summed E-state index contributed by atoms with van der Waals surface area (Å²) in [5.74, 6) is -0.672. The fraction of sp³-hybridized carbons (Fsp3) is 0.927. The Morgan fingerprint density at radius 1 is 0.833 bits per heavy atom. The molecule has 0 spiro atoms. The maximum atomic E-state index is 13.1. The SMILES string of the molecule is CC1CCC2(C(=O)O)CCC3(C)C(=CCC4C5(C)CCC(OC6OCC(O)C(O)C6OC6OC(CO)C(O)C(O)C6O)C(C)(C)C5CCC43C)C2C1(C)O. The molecule has 0 aromatic carbocycles. The standard InChI is InChI=1S/C41H66O13/c1-20-10-15-41(35(48)49)17-16-38(5)21(32(41)40(20,7)50)8-9-25-37(4)13-12-26(36(2,3)24(37)11-14-39(25,38)6)53-34-31(27(44)22(43)19-51-34)54-33-30(47)29(46)28(45)23(18-42)52-33/h8,20,22-34,42-47,50H,9-19H2,1-7H3,(H,48,49). The van der Waals surface area contributed by atoms with Gasteiger partial charge in [0.25, 0.3) is 0 Å². The first-order valence-corrected chi connectivity index (χ1v) is 20.4. The Balaban J connectivity index is 1.14. The molecule has 308 valence electrons. The Hall–Kier alpha value is -1.23. The molecule has 2 aliphatic heterocycles. The van der Waals surface area contributed by atoms with Crippen LogP contribution in [0.5, 0.6) is 0 Å². The van der Waals surface area contributed by atoms with Gasteiger partial charge in [0, 0.05) is 5.92 Å². The van der Waals surface area contributed by atoms with Crippen LogP contribution < -0.4 is 0 Å². The molecule has 2 heterocycles. The predicted molar refractivity (Wildman–Crippen MR) is 193 cm³/mol. The molecular formula is C41H66O13. The van der Waals surface area contributed by atoms with E-state index >= 15 is 0 Å². The van der Waals surface area contributed by atoms with Crippen LogP contribution in [-0.2, 0) is 23.7 Å². The molecule has 7 rings (SSSR count). The smallest absolute Gasteiger partial charge is 0.310 e. The van der Waals surface area contributed by atoms with Crippen molar-refractivity contribution in [1.29, 1.82) is 0 Å². The quantitative estimate of drug-likeness (QED) is 0.144. The van der Waals surface area contributed by atoms with Gasteiger partial charge in [-0.15, -0.1) is 0 Å². The average molecular weight is 767 g/mol. The van der Waals surface area contributed by atoms with Gasteiger partial charge in [-0.25, -0.2) is 0 Å². The number of rotatable bonds is 6. The largest absolute Gasteiger partial charge is 0.481 e. The Kier molecular flexibility index (Phi) is 10.4. The second kappa shape index (κ2) is 13.7. The zero-order valence-electron chi connectivity index (χ0n) is 33.1. The third-order valence-corrected chi connectivity index (χ3v) is 17.3. The average Bonchev–Trinajstić information content (AvgIpc) is 3.10. The van der Waals surface area contributed by atoms with E-state index in [2.05, 4.69) is 47.6 Å². The molecule has 5 aliphatic carbocycles. The maximum absolute atomic E-state index is 13.1. The lowest BCUT2D eigenvalue weighted by molar-refractivity contribution is -0.367. The Labute approximate surface area is 319 Å². The van der Waals surface area contributed by atoms with Crippen LogP contribution in [0.2, 0.25) is 0 Å². The second-order valence-electron chi connectivity index (χ2n) is 19.9. The lowest BCUT2D eigenvalue weighted by Gasteiger charge is -2.72. The first kappa shape index (κ1) is 40.9. The molecule has 7 aliphatic rings. The molecule has 0 radical (unpaired) electrons. The summed E-state index contributed by atoms with van der Waals surface area (Å²) in [5.41, 5.74) is -1.77. The van der Waals surface area contributed by atoms with Gasteiger partial charge in [-0.1, -0.05) is 53.2 Å². The molecule has 19 atom stereocenters. The van der Waals surface area contributed by atoms with Crippen molar-refractivity contribution in [2.75, 3.05) is 13.2 Å². The van der Waals surface area contributed by atoms with Crippen molar-refractivity contribution in [2.45, 2.75) is 173 Å². The number of aliphatic carboxylic acids is 1. The highest BCUT2D eigenvalue weighted by Gasteiger charge is 2.71. The van der Waals surface area contributed by atoms with E-state index < -0.39 is 84.8 Å². The van der Waals surface area contributed by atoms with Gasteiger partial charge in [-0.05, 0) is 104 Å². The molecule has 0 bridgehead atoms. The van der Waals surface area contributed by atoms with Crippen LogP contribution in [0.3, 0.4) is 0 Å². The van der Waals surface area contributed by atoms with Gasteiger partial charge >= 0.3 is 5.97 Å². The first-order valence-electron chi connectivity index (χ1n) is 20.4. The first-order chi connectivity index (χ1) is 25.1. The number of aliphatic hydroxyl groups excluding tert-OH is 6. The highest BCUT2D eigenvalue weighted by atomic mass is 16.8. The summed E-state index contributed by atoms with van der Waals surface area (Å²) in [6.07, 6.45) is -4.14. The van der Waals surface area contributed by atoms with E-state index in [-0.39, 0.29) is 46.2 Å². The van der Waals surface area contributed by atoms with Gasteiger partial charge in [0.15, 0.2) is 12.6 Å². The van der Waals surface area contributed by atoms with Crippen LogP contribution >= 0.6 is 0 Å². The Bertz CT molecular complexity index is 1470. The van der Waals surface area contributed by atoms with Crippen molar-refractivity contribution in [3.05, 3.63) is 11.6 Å². The summed E-state index contributed by atoms with van der Waals surface area (Å²) in [6.45, 7) is 14.7. The number of hydrogen-bond acceptors (Lipinski definition) is 12. The van der Waals surface area contributed by atoms with Gasteiger partial charge in [-0.2, -0.15) is 0 Å². The van der Waals surface area contributed by atoms with Crippen molar-refractivity contribution in [2.24, 2.45) is 50.7 Å². The lowest BCUT2D eigenvalue weighted by atomic mass is 9.33. The highest BCUT2D eigenvalue weighted by Crippen LogP contribution is 2.76. The van der Waals surface area contributed by atoms with Crippen molar-refractivity contribution < 1.29 is 64.6 Å². The molecular weight excluding hydrogens is 700 g/mol. The summed E-state index contributed by atoms with van der Waals surface area (Å²) >= 11 is 0. The molecule has 0 aromatic rings. The molecule has 0 amide bonds. The van der Waals surface area contributed by atoms with E-state index in [0.29, 0.717) is 31.6 Å². The summed E-state index contributed by atoms with van der Waals surface area (Å²) in [5, 5.41) is 85.5. The molecule has 4 saturated carbocycles. The van der Waals surface area contributed by atoms with Gasteiger partial charge in [0.05, 0.1) is 30.3 Å². The number of fused-ring (bicyclic) bond motifs is 7. The Morgan fingerprint density at radius 2 is 1.54 bits per heavy atom. The number of ether oxygens (including phenoxy) is 4. The predicted octanol–water partition coefficient (Wildman–Crippen LogP) is 2.49. The number of hydrogen-bond donors (Lipinski definition) is 8. The van der Waals surface area contributed by atoms with Crippen molar-refractivity contribution in [3.63, 3.8) is 0 Å². The van der Waals surface area contributed by atoms with Gasteiger partial charge in [0.1, 0.15) is 42.7 Å². The fourth-order valence-electron chi connectivity index (χ4n) is 13.6.